The molecule has 1 atom stereocenters. The Kier molecular flexibility index (Phi) is 4.36. The van der Waals surface area contributed by atoms with E-state index < -0.39 is 0 Å². The number of hydrogen-bond acceptors (Lipinski definition) is 4. The fraction of sp³-hybridized carbons (Fsp3) is 0.421. The molecule has 2 aliphatic rings. The van der Waals surface area contributed by atoms with E-state index in [0.717, 1.165) is 23.7 Å². The van der Waals surface area contributed by atoms with Crippen molar-refractivity contribution in [2.45, 2.75) is 18.9 Å². The molecule has 6 nitrogen and oxygen atoms in total. The van der Waals surface area contributed by atoms with Crippen LogP contribution in [0.2, 0.25) is 0 Å². The van der Waals surface area contributed by atoms with Gasteiger partial charge >= 0.3 is 0 Å². The van der Waals surface area contributed by atoms with Crippen LogP contribution < -0.4 is 0 Å². The van der Waals surface area contributed by atoms with E-state index in [0.29, 0.717) is 38.3 Å². The van der Waals surface area contributed by atoms with Crippen LogP contribution in [0.15, 0.2) is 36.5 Å². The van der Waals surface area contributed by atoms with Crippen LogP contribution in [-0.2, 0) is 9.53 Å². The van der Waals surface area contributed by atoms with Crippen molar-refractivity contribution < 1.29 is 14.3 Å². The molecule has 2 aliphatic heterocycles. The Morgan fingerprint density at radius 3 is 2.56 bits per heavy atom. The summed E-state index contributed by atoms with van der Waals surface area (Å²) in [4.78, 5) is 33.3. The zero-order valence-corrected chi connectivity index (χ0v) is 14.1. The fourth-order valence-electron chi connectivity index (χ4n) is 3.55. The van der Waals surface area contributed by atoms with Crippen molar-refractivity contribution in [3.63, 3.8) is 0 Å². The van der Waals surface area contributed by atoms with Gasteiger partial charge in [-0.2, -0.15) is 0 Å². The zero-order chi connectivity index (χ0) is 17.2. The lowest BCUT2D eigenvalue weighted by molar-refractivity contribution is -0.142. The molecule has 0 N–H and O–H groups in total. The predicted octanol–water partition coefficient (Wildman–Crippen LogP) is 1.70. The molecule has 2 fully saturated rings. The van der Waals surface area contributed by atoms with Gasteiger partial charge in [0.15, 0.2) is 0 Å². The third-order valence-electron chi connectivity index (χ3n) is 4.95. The van der Waals surface area contributed by atoms with E-state index in [1.807, 2.05) is 40.1 Å². The normalized spacial score (nSPS) is 20.9. The summed E-state index contributed by atoms with van der Waals surface area (Å²) >= 11 is 0. The summed E-state index contributed by atoms with van der Waals surface area (Å²) in [7, 11) is 0. The highest BCUT2D eigenvalue weighted by molar-refractivity contribution is 6.05. The largest absolute Gasteiger partial charge is 0.368 e. The highest BCUT2D eigenvalue weighted by atomic mass is 16.5. The second-order valence-electron chi connectivity index (χ2n) is 6.50. The van der Waals surface area contributed by atoms with Gasteiger partial charge in [0.25, 0.3) is 11.8 Å². The van der Waals surface area contributed by atoms with Gasteiger partial charge in [0.05, 0.1) is 11.1 Å². The summed E-state index contributed by atoms with van der Waals surface area (Å²) in [6.45, 7) is 2.87. The molecule has 3 heterocycles. The van der Waals surface area contributed by atoms with Crippen LogP contribution in [0.4, 0.5) is 0 Å². The van der Waals surface area contributed by atoms with Crippen LogP contribution in [0, 0.1) is 0 Å². The lowest BCUT2D eigenvalue weighted by Gasteiger charge is -2.35. The number of nitrogens with zero attached hydrogens (tertiary/aromatic N) is 3. The van der Waals surface area contributed by atoms with Gasteiger partial charge in [0.1, 0.15) is 6.10 Å². The van der Waals surface area contributed by atoms with E-state index in [1.54, 1.807) is 6.20 Å². The molecule has 0 aliphatic carbocycles. The monoisotopic (exact) mass is 339 g/mol. The van der Waals surface area contributed by atoms with Gasteiger partial charge in [-0.1, -0.05) is 18.2 Å². The minimum Gasteiger partial charge on any atom is -0.368 e. The summed E-state index contributed by atoms with van der Waals surface area (Å²) < 4.78 is 5.48. The van der Waals surface area contributed by atoms with Crippen molar-refractivity contribution in [3.8, 4) is 0 Å². The van der Waals surface area contributed by atoms with Crippen LogP contribution in [-0.4, -0.2) is 65.5 Å². The van der Waals surface area contributed by atoms with Crippen LogP contribution in [0.25, 0.3) is 10.9 Å². The minimum atomic E-state index is -0.287. The minimum absolute atomic E-state index is 0.0199. The Labute approximate surface area is 146 Å². The summed E-state index contributed by atoms with van der Waals surface area (Å²) in [5.74, 6) is 0.0462. The molecule has 4 rings (SSSR count). The van der Waals surface area contributed by atoms with Crippen LogP contribution >= 0.6 is 0 Å². The molecular formula is C19H21N3O3. The lowest BCUT2D eigenvalue weighted by Crippen LogP contribution is -2.52. The first-order valence-electron chi connectivity index (χ1n) is 8.77. The third kappa shape index (κ3) is 3.09. The molecule has 1 aromatic heterocycles. The molecule has 6 heteroatoms. The van der Waals surface area contributed by atoms with Crippen LogP contribution in [0.3, 0.4) is 0 Å². The van der Waals surface area contributed by atoms with Crippen molar-refractivity contribution >= 4 is 22.7 Å². The average Bonchev–Trinajstić information content (AvgIpc) is 3.21. The second-order valence-corrected chi connectivity index (χ2v) is 6.50. The van der Waals surface area contributed by atoms with Gasteiger partial charge in [0, 0.05) is 44.4 Å². The maximum atomic E-state index is 12.9. The first-order chi connectivity index (χ1) is 12.2. The molecule has 1 unspecified atom stereocenters. The van der Waals surface area contributed by atoms with E-state index in [9.17, 15) is 9.59 Å². The first-order valence-corrected chi connectivity index (χ1v) is 8.77. The zero-order valence-electron chi connectivity index (χ0n) is 14.1. The predicted molar refractivity (Wildman–Crippen MR) is 93.2 cm³/mol. The maximum absolute atomic E-state index is 12.9. The topological polar surface area (TPSA) is 62.7 Å². The van der Waals surface area contributed by atoms with E-state index in [2.05, 4.69) is 4.98 Å². The highest BCUT2D eigenvalue weighted by Crippen LogP contribution is 2.20. The number of pyridine rings is 1. The van der Waals surface area contributed by atoms with E-state index in [1.165, 1.54) is 0 Å². The lowest BCUT2D eigenvalue weighted by atomic mass is 10.1. The van der Waals surface area contributed by atoms with E-state index >= 15 is 0 Å². The average molecular weight is 339 g/mol. The number of fused-ring (bicyclic) bond motifs is 1. The Bertz CT molecular complexity index is 788. The third-order valence-corrected chi connectivity index (χ3v) is 4.95. The molecule has 0 spiro atoms. The Balaban J connectivity index is 1.45. The number of para-hydroxylation sites is 1. The summed E-state index contributed by atoms with van der Waals surface area (Å²) in [5.41, 5.74) is 1.35. The molecule has 2 saturated heterocycles. The maximum Gasteiger partial charge on any atom is 0.256 e. The Morgan fingerprint density at radius 1 is 1.04 bits per heavy atom. The van der Waals surface area contributed by atoms with Gasteiger partial charge in [-0.05, 0) is 25.0 Å². The number of carbonyl (C=O) groups is 2. The highest BCUT2D eigenvalue weighted by Gasteiger charge is 2.31. The van der Waals surface area contributed by atoms with Crippen LogP contribution in [0.5, 0.6) is 0 Å². The summed E-state index contributed by atoms with van der Waals surface area (Å²) in [6.07, 6.45) is 3.17. The number of hydrogen-bond donors (Lipinski definition) is 0. The number of rotatable bonds is 2. The standard InChI is InChI=1S/C19H21N3O3/c23-18(15-6-1-4-14-5-2-8-20-17(14)15)21-9-11-22(12-10-21)19(24)16-7-3-13-25-16/h1-2,4-6,8,16H,3,7,9-13H2. The van der Waals surface area contributed by atoms with Crippen molar-refractivity contribution in [1.82, 2.24) is 14.8 Å². The summed E-state index contributed by atoms with van der Waals surface area (Å²) in [5, 5.41) is 0.959. The van der Waals surface area contributed by atoms with Crippen LogP contribution in [0.1, 0.15) is 23.2 Å². The molecule has 0 bridgehead atoms. The van der Waals surface area contributed by atoms with Gasteiger partial charge in [-0.15, -0.1) is 0 Å². The molecule has 130 valence electrons. The van der Waals surface area contributed by atoms with Crippen molar-refractivity contribution in [3.05, 3.63) is 42.1 Å². The number of amides is 2. The van der Waals surface area contributed by atoms with Crippen molar-refractivity contribution in [1.29, 1.82) is 0 Å². The number of carbonyl (C=O) groups excluding carboxylic acids is 2. The second kappa shape index (κ2) is 6.80. The SMILES string of the molecule is O=C(c1cccc2cccnc12)N1CCN(C(=O)C2CCCO2)CC1. The van der Waals surface area contributed by atoms with Gasteiger partial charge in [-0.3, -0.25) is 14.6 Å². The van der Waals surface area contributed by atoms with Crippen molar-refractivity contribution in [2.24, 2.45) is 0 Å². The smallest absolute Gasteiger partial charge is 0.256 e. The molecule has 1 aromatic carbocycles. The van der Waals surface area contributed by atoms with Crippen molar-refractivity contribution in [2.75, 3.05) is 32.8 Å². The van der Waals surface area contributed by atoms with Gasteiger partial charge < -0.3 is 14.5 Å². The molecule has 2 aromatic rings. The van der Waals surface area contributed by atoms with E-state index in [4.69, 9.17) is 4.74 Å². The van der Waals surface area contributed by atoms with E-state index in [-0.39, 0.29) is 17.9 Å². The number of aromatic nitrogens is 1. The Morgan fingerprint density at radius 2 is 1.80 bits per heavy atom. The molecular weight excluding hydrogens is 318 g/mol. The molecule has 0 saturated carbocycles. The molecule has 25 heavy (non-hydrogen) atoms. The molecule has 2 amide bonds. The number of ether oxygens (including phenoxy) is 1. The molecule has 0 radical (unpaired) electrons. The Hall–Kier alpha value is -2.47. The number of benzene rings is 1. The number of piperazine rings is 1. The van der Waals surface area contributed by atoms with Gasteiger partial charge in [0.2, 0.25) is 0 Å². The van der Waals surface area contributed by atoms with Gasteiger partial charge in [-0.25, -0.2) is 0 Å². The fourth-order valence-corrected chi connectivity index (χ4v) is 3.55. The first kappa shape index (κ1) is 16.0. The summed E-state index contributed by atoms with van der Waals surface area (Å²) in [6, 6.07) is 9.48. The quantitative estimate of drug-likeness (QED) is 0.835.